The Kier molecular flexibility index (Phi) is 3.98. The number of aromatic nitrogens is 2. The lowest BCUT2D eigenvalue weighted by atomic mass is 9.82. The summed E-state index contributed by atoms with van der Waals surface area (Å²) >= 11 is 0. The molecule has 0 aromatic carbocycles. The summed E-state index contributed by atoms with van der Waals surface area (Å²) in [5.41, 5.74) is 3.75. The Morgan fingerprint density at radius 1 is 1.44 bits per heavy atom. The zero-order chi connectivity index (χ0) is 13.0. The first-order chi connectivity index (χ1) is 8.63. The van der Waals surface area contributed by atoms with Crippen LogP contribution >= 0.6 is 0 Å². The van der Waals surface area contributed by atoms with Gasteiger partial charge >= 0.3 is 0 Å². The number of hydrogen-bond donors (Lipinski definition) is 3. The normalized spacial score (nSPS) is 18.4. The van der Waals surface area contributed by atoms with E-state index >= 15 is 0 Å². The van der Waals surface area contributed by atoms with E-state index in [2.05, 4.69) is 27.6 Å². The van der Waals surface area contributed by atoms with Crippen LogP contribution in [-0.4, -0.2) is 29.7 Å². The lowest BCUT2D eigenvalue weighted by molar-refractivity contribution is 0.0299. The molecule has 0 radical (unpaired) electrons. The number of ether oxygens (including phenoxy) is 1. The zero-order valence-electron chi connectivity index (χ0n) is 11.0. The zero-order valence-corrected chi connectivity index (χ0v) is 11.0. The molecule has 6 heteroatoms. The number of nitrogens with one attached hydrogen (secondary N) is 2. The van der Waals surface area contributed by atoms with Crippen LogP contribution in [0.5, 0.6) is 0 Å². The number of aryl methyl sites for hydroxylation is 1. The second-order valence-electron chi connectivity index (χ2n) is 5.15. The Labute approximate surface area is 107 Å². The average Bonchev–Trinajstić information content (AvgIpc) is 2.39. The minimum Gasteiger partial charge on any atom is -0.381 e. The van der Waals surface area contributed by atoms with Crippen LogP contribution in [0.3, 0.4) is 0 Å². The van der Waals surface area contributed by atoms with Crippen LogP contribution < -0.4 is 16.6 Å². The summed E-state index contributed by atoms with van der Waals surface area (Å²) in [4.78, 5) is 8.38. The van der Waals surface area contributed by atoms with Gasteiger partial charge in [-0.25, -0.2) is 10.8 Å². The van der Waals surface area contributed by atoms with Gasteiger partial charge < -0.3 is 10.1 Å². The van der Waals surface area contributed by atoms with Gasteiger partial charge in [0.15, 0.2) is 0 Å². The highest BCUT2D eigenvalue weighted by Crippen LogP contribution is 2.30. The first-order valence-corrected chi connectivity index (χ1v) is 6.25. The van der Waals surface area contributed by atoms with Gasteiger partial charge in [-0.05, 0) is 25.2 Å². The van der Waals surface area contributed by atoms with E-state index in [0.717, 1.165) is 44.0 Å². The van der Waals surface area contributed by atoms with E-state index in [1.54, 1.807) is 6.20 Å². The molecular weight excluding hydrogens is 230 g/mol. The molecule has 1 aromatic heterocycles. The number of nitrogens with two attached hydrogens (primary N) is 1. The lowest BCUT2D eigenvalue weighted by Gasteiger charge is -2.33. The average molecular weight is 251 g/mol. The topological polar surface area (TPSA) is 85.1 Å². The number of rotatable bonds is 4. The van der Waals surface area contributed by atoms with E-state index in [-0.39, 0.29) is 5.41 Å². The van der Waals surface area contributed by atoms with Crippen molar-refractivity contribution in [2.45, 2.75) is 26.7 Å². The molecule has 0 spiro atoms. The van der Waals surface area contributed by atoms with Gasteiger partial charge in [0.05, 0.1) is 0 Å². The maximum atomic E-state index is 5.40. The summed E-state index contributed by atoms with van der Waals surface area (Å²) < 4.78 is 5.40. The van der Waals surface area contributed by atoms with Crippen molar-refractivity contribution < 1.29 is 4.74 Å². The van der Waals surface area contributed by atoms with Crippen LogP contribution in [0.15, 0.2) is 6.20 Å². The van der Waals surface area contributed by atoms with E-state index < -0.39 is 0 Å². The summed E-state index contributed by atoms with van der Waals surface area (Å²) in [5, 5.41) is 3.40. The molecular formula is C12H21N5O. The second kappa shape index (κ2) is 5.49. The number of anilines is 2. The van der Waals surface area contributed by atoms with Crippen LogP contribution in [0.2, 0.25) is 0 Å². The van der Waals surface area contributed by atoms with Gasteiger partial charge in [0, 0.05) is 31.5 Å². The van der Waals surface area contributed by atoms with Gasteiger partial charge in [0.2, 0.25) is 5.95 Å². The molecule has 0 aliphatic carbocycles. The van der Waals surface area contributed by atoms with Gasteiger partial charge in [-0.3, -0.25) is 5.43 Å². The first kappa shape index (κ1) is 13.0. The minimum atomic E-state index is 0.270. The Morgan fingerprint density at radius 2 is 2.17 bits per heavy atom. The fourth-order valence-corrected chi connectivity index (χ4v) is 2.03. The third-order valence-corrected chi connectivity index (χ3v) is 3.48. The van der Waals surface area contributed by atoms with Crippen LogP contribution in [0.4, 0.5) is 11.8 Å². The summed E-state index contributed by atoms with van der Waals surface area (Å²) in [7, 11) is 0. The van der Waals surface area contributed by atoms with E-state index in [9.17, 15) is 0 Å². The van der Waals surface area contributed by atoms with E-state index in [1.165, 1.54) is 0 Å². The molecule has 0 atom stereocenters. The van der Waals surface area contributed by atoms with Crippen LogP contribution in [-0.2, 0) is 4.74 Å². The highest BCUT2D eigenvalue weighted by atomic mass is 16.5. The third-order valence-electron chi connectivity index (χ3n) is 3.48. The molecule has 1 aliphatic heterocycles. The van der Waals surface area contributed by atoms with Crippen molar-refractivity contribution in [2.75, 3.05) is 30.5 Å². The fourth-order valence-electron chi connectivity index (χ4n) is 2.03. The molecule has 0 amide bonds. The maximum Gasteiger partial charge on any atom is 0.239 e. The molecule has 1 fully saturated rings. The van der Waals surface area contributed by atoms with E-state index in [0.29, 0.717) is 5.95 Å². The van der Waals surface area contributed by atoms with E-state index in [4.69, 9.17) is 10.6 Å². The second-order valence-corrected chi connectivity index (χ2v) is 5.15. The Balaban J connectivity index is 2.00. The van der Waals surface area contributed by atoms with Crippen molar-refractivity contribution in [3.63, 3.8) is 0 Å². The van der Waals surface area contributed by atoms with Crippen molar-refractivity contribution in [3.8, 4) is 0 Å². The molecule has 0 unspecified atom stereocenters. The summed E-state index contributed by atoms with van der Waals surface area (Å²) in [6, 6.07) is 0. The number of hydrazine groups is 1. The standard InChI is InChI=1S/C12H21N5O/c1-9-7-14-11(17-13)16-10(9)15-8-12(2)3-5-18-6-4-12/h7H,3-6,8,13H2,1-2H3,(H2,14,15,16,17). The van der Waals surface area contributed by atoms with Crippen LogP contribution in [0.25, 0.3) is 0 Å². The molecule has 6 nitrogen and oxygen atoms in total. The molecule has 2 heterocycles. The Bertz CT molecular complexity index is 403. The molecule has 1 aliphatic rings. The highest BCUT2D eigenvalue weighted by Gasteiger charge is 2.27. The summed E-state index contributed by atoms with van der Waals surface area (Å²) in [5.74, 6) is 6.58. The highest BCUT2D eigenvalue weighted by molar-refractivity contribution is 5.46. The van der Waals surface area contributed by atoms with Crippen molar-refractivity contribution in [2.24, 2.45) is 11.3 Å². The quantitative estimate of drug-likeness (QED) is 0.552. The van der Waals surface area contributed by atoms with Crippen LogP contribution in [0.1, 0.15) is 25.3 Å². The predicted molar refractivity (Wildman–Crippen MR) is 71.2 cm³/mol. The Morgan fingerprint density at radius 3 is 2.83 bits per heavy atom. The number of hydrogen-bond acceptors (Lipinski definition) is 6. The SMILES string of the molecule is Cc1cnc(NN)nc1NCC1(C)CCOCC1. The number of nitrogens with zero attached hydrogens (tertiary/aromatic N) is 2. The molecule has 0 saturated carbocycles. The molecule has 4 N–H and O–H groups in total. The molecule has 100 valence electrons. The molecule has 0 bridgehead atoms. The third kappa shape index (κ3) is 3.08. The minimum absolute atomic E-state index is 0.270. The monoisotopic (exact) mass is 251 g/mol. The first-order valence-electron chi connectivity index (χ1n) is 6.25. The lowest BCUT2D eigenvalue weighted by Crippen LogP contribution is -2.33. The van der Waals surface area contributed by atoms with Crippen molar-refractivity contribution >= 4 is 11.8 Å². The van der Waals surface area contributed by atoms with Crippen molar-refractivity contribution in [1.29, 1.82) is 0 Å². The molecule has 18 heavy (non-hydrogen) atoms. The van der Waals surface area contributed by atoms with E-state index in [1.807, 2.05) is 6.92 Å². The van der Waals surface area contributed by atoms with Crippen LogP contribution in [0, 0.1) is 12.3 Å². The van der Waals surface area contributed by atoms with Gasteiger partial charge in [0.1, 0.15) is 5.82 Å². The van der Waals surface area contributed by atoms with Gasteiger partial charge in [0.25, 0.3) is 0 Å². The number of nitrogen functional groups attached to an aromatic ring is 1. The molecule has 1 saturated heterocycles. The van der Waals surface area contributed by atoms with Gasteiger partial charge in [-0.15, -0.1) is 0 Å². The maximum absolute atomic E-state index is 5.40. The summed E-state index contributed by atoms with van der Waals surface area (Å²) in [6.45, 7) is 6.83. The molecule has 1 aromatic rings. The fraction of sp³-hybridized carbons (Fsp3) is 0.667. The van der Waals surface area contributed by atoms with Crippen molar-refractivity contribution in [3.05, 3.63) is 11.8 Å². The largest absolute Gasteiger partial charge is 0.381 e. The predicted octanol–water partition coefficient (Wildman–Crippen LogP) is 1.30. The summed E-state index contributed by atoms with van der Waals surface area (Å²) in [6.07, 6.45) is 3.91. The van der Waals surface area contributed by atoms with Gasteiger partial charge in [-0.1, -0.05) is 6.92 Å². The Hall–Kier alpha value is -1.40. The van der Waals surface area contributed by atoms with Crippen molar-refractivity contribution in [1.82, 2.24) is 9.97 Å². The smallest absolute Gasteiger partial charge is 0.239 e. The molecule has 2 rings (SSSR count). The van der Waals surface area contributed by atoms with Gasteiger partial charge in [-0.2, -0.15) is 4.98 Å².